The van der Waals surface area contributed by atoms with Gasteiger partial charge in [-0.15, -0.1) is 0 Å². The van der Waals surface area contributed by atoms with Crippen molar-refractivity contribution in [1.82, 2.24) is 14.5 Å². The minimum atomic E-state index is -4.40. The van der Waals surface area contributed by atoms with E-state index >= 15 is 0 Å². The van der Waals surface area contributed by atoms with E-state index in [1.165, 1.54) is 4.57 Å². The van der Waals surface area contributed by atoms with E-state index in [4.69, 9.17) is 19.3 Å². The Morgan fingerprint density at radius 3 is 2.66 bits per heavy atom. The Hall–Kier alpha value is -2.06. The fourth-order valence-corrected chi connectivity index (χ4v) is 4.67. The summed E-state index contributed by atoms with van der Waals surface area (Å²) < 4.78 is 50.3. The maximum absolute atomic E-state index is 13.6. The lowest BCUT2D eigenvalue weighted by Gasteiger charge is -2.29. The molecule has 0 unspecified atom stereocenters. The molecule has 194 valence electrons. The van der Waals surface area contributed by atoms with Gasteiger partial charge in [0.05, 0.1) is 18.5 Å². The van der Waals surface area contributed by atoms with Crippen LogP contribution in [-0.4, -0.2) is 84.5 Å². The number of nitrogens with zero attached hydrogens (tertiary/aromatic N) is 4. The van der Waals surface area contributed by atoms with Crippen molar-refractivity contribution in [3.8, 4) is 0 Å². The Balaban J connectivity index is 1.58. The number of aliphatic imine (C=N–C) groups is 1. The lowest BCUT2D eigenvalue weighted by Crippen LogP contribution is -2.34. The molecule has 2 fully saturated rings. The first-order valence-electron chi connectivity index (χ1n) is 11.1. The van der Waals surface area contributed by atoms with Crippen LogP contribution in [0.2, 0.25) is 0 Å². The molecule has 0 bridgehead atoms. The molecule has 3 heterocycles. The van der Waals surface area contributed by atoms with Crippen molar-refractivity contribution < 1.29 is 42.8 Å². The summed E-state index contributed by atoms with van der Waals surface area (Å²) in [6.45, 7) is 3.20. The largest absolute Gasteiger partial charge is 0.387 e. The lowest BCUT2D eigenvalue weighted by atomic mass is 9.92. The molecule has 1 aliphatic carbocycles. The van der Waals surface area contributed by atoms with Gasteiger partial charge in [0.15, 0.2) is 12.1 Å². The number of aromatic nitrogens is 3. The van der Waals surface area contributed by atoms with Gasteiger partial charge < -0.3 is 39.4 Å². The maximum Gasteiger partial charge on any atom is 0.350 e. The Labute approximate surface area is 199 Å². The Kier molecular flexibility index (Phi) is 7.53. The van der Waals surface area contributed by atoms with Crippen molar-refractivity contribution in [1.29, 1.82) is 0 Å². The second kappa shape index (κ2) is 10.1. The molecule has 0 radical (unpaired) electrons. The van der Waals surface area contributed by atoms with Crippen molar-refractivity contribution in [2.75, 3.05) is 18.3 Å². The Morgan fingerprint density at radius 1 is 1.29 bits per heavy atom. The van der Waals surface area contributed by atoms with Gasteiger partial charge in [0.2, 0.25) is 5.92 Å². The highest BCUT2D eigenvalue weighted by Crippen LogP contribution is 2.38. The number of hydrogen-bond acceptors (Lipinski definition) is 9. The van der Waals surface area contributed by atoms with Crippen LogP contribution in [-0.2, 0) is 20.6 Å². The average molecular weight is 519 g/mol. The summed E-state index contributed by atoms with van der Waals surface area (Å²) in [6, 6.07) is 1.48. The Bertz CT molecular complexity index is 1100. The number of anilines is 1. The highest BCUT2D eigenvalue weighted by atomic mass is 31.2. The summed E-state index contributed by atoms with van der Waals surface area (Å²) in [4.78, 5) is 30.6. The van der Waals surface area contributed by atoms with Crippen LogP contribution in [0.3, 0.4) is 0 Å². The maximum atomic E-state index is 13.6. The van der Waals surface area contributed by atoms with Crippen LogP contribution in [0.1, 0.15) is 37.7 Å². The summed E-state index contributed by atoms with van der Waals surface area (Å²) in [5, 5.41) is 24.8. The van der Waals surface area contributed by atoms with Crippen LogP contribution in [0.25, 0.3) is 11.0 Å². The minimum absolute atomic E-state index is 0.0914. The molecule has 15 heteroatoms. The molecule has 4 rings (SSSR count). The number of halogens is 2. The average Bonchev–Trinajstić information content (AvgIpc) is 3.31. The van der Waals surface area contributed by atoms with Gasteiger partial charge in [-0.1, -0.05) is 0 Å². The van der Waals surface area contributed by atoms with E-state index in [0.29, 0.717) is 22.7 Å². The van der Waals surface area contributed by atoms with Crippen molar-refractivity contribution in [2.24, 2.45) is 4.99 Å². The minimum Gasteiger partial charge on any atom is -0.387 e. The third-order valence-corrected chi connectivity index (χ3v) is 6.60. The van der Waals surface area contributed by atoms with Gasteiger partial charge in [0.1, 0.15) is 36.1 Å². The summed E-state index contributed by atoms with van der Waals surface area (Å²) in [5.74, 6) is -1.93. The number of nitrogens with one attached hydrogen (secondary N) is 1. The summed E-state index contributed by atoms with van der Waals surface area (Å²) in [7, 11) is -4.40. The highest BCUT2D eigenvalue weighted by molar-refractivity contribution is 7.51. The van der Waals surface area contributed by atoms with E-state index in [9.17, 15) is 23.6 Å². The van der Waals surface area contributed by atoms with Gasteiger partial charge in [-0.2, -0.15) is 0 Å². The standard InChI is InChI=1S/C20H28F2N5O7P/c1-23-8-14-25-17(24-11-2-5-20(21,22)6-3-11)12-4-7-27(18(12)26-14)19-16(29)15(28)13(34-19)9-33-10-35(30,31)32/h4,7,11,13,15-16,19,28-29H,1-3,5-6,8-10H2,(H,24,25,26)(H2,30,31,32)/t13-,15-,16-,19-/m1/s1. The van der Waals surface area contributed by atoms with E-state index in [1.54, 1.807) is 12.3 Å². The van der Waals surface area contributed by atoms with Crippen LogP contribution < -0.4 is 5.32 Å². The smallest absolute Gasteiger partial charge is 0.350 e. The van der Waals surface area contributed by atoms with E-state index in [-0.39, 0.29) is 44.9 Å². The lowest BCUT2D eigenvalue weighted by molar-refractivity contribution is -0.0611. The van der Waals surface area contributed by atoms with Gasteiger partial charge in [0.25, 0.3) is 0 Å². The van der Waals surface area contributed by atoms with Gasteiger partial charge in [-0.05, 0) is 25.6 Å². The summed E-state index contributed by atoms with van der Waals surface area (Å²) >= 11 is 0. The number of aliphatic hydroxyl groups is 2. The molecule has 2 aromatic rings. The third kappa shape index (κ3) is 6.02. The third-order valence-electron chi connectivity index (χ3n) is 6.08. The second-order valence-electron chi connectivity index (χ2n) is 8.82. The summed E-state index contributed by atoms with van der Waals surface area (Å²) in [5.41, 5.74) is 0.357. The molecule has 35 heavy (non-hydrogen) atoms. The zero-order chi connectivity index (χ0) is 25.4. The first-order valence-corrected chi connectivity index (χ1v) is 12.9. The van der Waals surface area contributed by atoms with Crippen LogP contribution >= 0.6 is 7.60 Å². The van der Waals surface area contributed by atoms with Crippen molar-refractivity contribution >= 4 is 31.2 Å². The zero-order valence-electron chi connectivity index (χ0n) is 18.7. The first kappa shape index (κ1) is 26.0. The van der Waals surface area contributed by atoms with Crippen LogP contribution in [0.15, 0.2) is 17.3 Å². The van der Waals surface area contributed by atoms with Crippen molar-refractivity contribution in [2.45, 2.75) is 68.7 Å². The molecule has 5 N–H and O–H groups in total. The number of fused-ring (bicyclic) bond motifs is 1. The van der Waals surface area contributed by atoms with E-state index < -0.39 is 44.4 Å². The Morgan fingerprint density at radius 2 is 2.00 bits per heavy atom. The zero-order valence-corrected chi connectivity index (χ0v) is 19.6. The number of alkyl halides is 2. The predicted octanol–water partition coefficient (Wildman–Crippen LogP) is 1.39. The molecule has 0 aromatic carbocycles. The second-order valence-corrected chi connectivity index (χ2v) is 10.4. The van der Waals surface area contributed by atoms with Gasteiger partial charge in [0, 0.05) is 25.1 Å². The molecular weight excluding hydrogens is 491 g/mol. The number of hydrogen-bond donors (Lipinski definition) is 5. The molecule has 1 saturated heterocycles. The van der Waals surface area contributed by atoms with Crippen molar-refractivity contribution in [3.63, 3.8) is 0 Å². The fraction of sp³-hybridized carbons (Fsp3) is 0.650. The quantitative estimate of drug-likeness (QED) is 0.241. The molecule has 2 aromatic heterocycles. The number of aliphatic hydroxyl groups excluding tert-OH is 2. The molecule has 2 aliphatic rings. The number of rotatable bonds is 9. The van der Waals surface area contributed by atoms with Crippen LogP contribution in [0, 0.1) is 0 Å². The van der Waals surface area contributed by atoms with E-state index in [1.807, 2.05) is 0 Å². The monoisotopic (exact) mass is 519 g/mol. The molecule has 1 aliphatic heterocycles. The van der Waals surface area contributed by atoms with Crippen LogP contribution in [0.4, 0.5) is 14.6 Å². The van der Waals surface area contributed by atoms with Gasteiger partial charge in [-0.25, -0.2) is 18.7 Å². The first-order chi connectivity index (χ1) is 16.5. The molecule has 4 atom stereocenters. The molecule has 0 spiro atoms. The van der Waals surface area contributed by atoms with E-state index in [0.717, 1.165) is 0 Å². The highest BCUT2D eigenvalue weighted by Gasteiger charge is 2.44. The molecule has 0 amide bonds. The SMILES string of the molecule is C=NCc1nc(NC2CCC(F)(F)CC2)c2ccn([C@@H]3O[C@H](COCP(=O)(O)O)[C@@H](O)[C@H]3O)c2n1. The topological polar surface area (TPSA) is 172 Å². The molecular formula is C20H28F2N5O7P. The van der Waals surface area contributed by atoms with E-state index in [2.05, 4.69) is 27.0 Å². The molecule has 1 saturated carbocycles. The van der Waals surface area contributed by atoms with Gasteiger partial charge in [-0.3, -0.25) is 9.56 Å². The number of ether oxygens (including phenoxy) is 2. The van der Waals surface area contributed by atoms with Crippen molar-refractivity contribution in [3.05, 3.63) is 18.1 Å². The normalized spacial score (nSPS) is 27.4. The summed E-state index contributed by atoms with van der Waals surface area (Å²) in [6.07, 6.45) is -4.02. The van der Waals surface area contributed by atoms with Gasteiger partial charge >= 0.3 is 7.60 Å². The molecule has 12 nitrogen and oxygen atoms in total. The van der Waals surface area contributed by atoms with Crippen LogP contribution in [0.5, 0.6) is 0 Å². The fourth-order valence-electron chi connectivity index (χ4n) is 4.33. The predicted molar refractivity (Wildman–Crippen MR) is 120 cm³/mol.